The van der Waals surface area contributed by atoms with Crippen molar-refractivity contribution in [1.82, 2.24) is 15.2 Å². The van der Waals surface area contributed by atoms with E-state index >= 15 is 0 Å². The van der Waals surface area contributed by atoms with Crippen LogP contribution in [0, 0.1) is 0 Å². The standard InChI is InChI=1S/C20H36N4O2S/c1-20(2,3)17-15-27-18(23-17)7-10-22-19(21-4)24-11-8-16(9-12-24)26-14-6-13-25-5/h15-16H,6-14H2,1-5H3,(H,21,22). The number of guanidine groups is 1. The van der Waals surface area contributed by atoms with Gasteiger partial charge in [-0.05, 0) is 19.3 Å². The molecule has 0 amide bonds. The van der Waals surface area contributed by atoms with Crippen molar-refractivity contribution < 1.29 is 9.47 Å². The van der Waals surface area contributed by atoms with Crippen LogP contribution >= 0.6 is 11.3 Å². The minimum atomic E-state index is 0.119. The number of aliphatic imine (C=N–C) groups is 1. The molecule has 0 spiro atoms. The van der Waals surface area contributed by atoms with Crippen LogP contribution in [0.5, 0.6) is 0 Å². The van der Waals surface area contributed by atoms with Crippen molar-refractivity contribution in [2.24, 2.45) is 4.99 Å². The van der Waals surface area contributed by atoms with Gasteiger partial charge in [0, 0.05) is 64.2 Å². The molecule has 7 heteroatoms. The van der Waals surface area contributed by atoms with E-state index in [0.29, 0.717) is 6.10 Å². The number of likely N-dealkylation sites (tertiary alicyclic amines) is 1. The average molecular weight is 397 g/mol. The summed E-state index contributed by atoms with van der Waals surface area (Å²) in [5.41, 5.74) is 1.30. The Bertz CT molecular complexity index is 575. The second-order valence-electron chi connectivity index (χ2n) is 8.00. The fourth-order valence-corrected chi connectivity index (χ4v) is 4.10. The van der Waals surface area contributed by atoms with Gasteiger partial charge in [0.05, 0.1) is 16.8 Å². The summed E-state index contributed by atoms with van der Waals surface area (Å²) in [5.74, 6) is 0.987. The number of aromatic nitrogens is 1. The Hall–Kier alpha value is -1.18. The first-order chi connectivity index (χ1) is 12.9. The third kappa shape index (κ3) is 7.39. The fourth-order valence-electron chi connectivity index (χ4n) is 3.07. The van der Waals surface area contributed by atoms with Crippen molar-refractivity contribution in [2.45, 2.75) is 58.0 Å². The van der Waals surface area contributed by atoms with Gasteiger partial charge in [0.15, 0.2) is 5.96 Å². The molecule has 1 aromatic heterocycles. The Morgan fingerprint density at radius 3 is 2.67 bits per heavy atom. The molecule has 0 unspecified atom stereocenters. The van der Waals surface area contributed by atoms with Crippen molar-refractivity contribution in [3.05, 3.63) is 16.1 Å². The van der Waals surface area contributed by atoms with Gasteiger partial charge >= 0.3 is 0 Å². The maximum atomic E-state index is 5.94. The molecule has 0 radical (unpaired) electrons. The highest BCUT2D eigenvalue weighted by molar-refractivity contribution is 7.09. The first kappa shape index (κ1) is 22.1. The highest BCUT2D eigenvalue weighted by Crippen LogP contribution is 2.24. The first-order valence-electron chi connectivity index (χ1n) is 9.95. The van der Waals surface area contributed by atoms with Gasteiger partial charge in [-0.15, -0.1) is 11.3 Å². The van der Waals surface area contributed by atoms with Gasteiger partial charge in [0.25, 0.3) is 0 Å². The monoisotopic (exact) mass is 396 g/mol. The van der Waals surface area contributed by atoms with E-state index in [9.17, 15) is 0 Å². The Balaban J connectivity index is 1.69. The van der Waals surface area contributed by atoms with E-state index in [0.717, 1.165) is 64.5 Å². The van der Waals surface area contributed by atoms with Crippen LogP contribution in [0.15, 0.2) is 10.4 Å². The lowest BCUT2D eigenvalue weighted by molar-refractivity contribution is 0.00992. The normalized spacial score (nSPS) is 16.8. The van der Waals surface area contributed by atoms with Gasteiger partial charge in [0.2, 0.25) is 0 Å². The number of thiazole rings is 1. The maximum absolute atomic E-state index is 5.94. The number of nitrogens with one attached hydrogen (secondary N) is 1. The topological polar surface area (TPSA) is 59.0 Å². The van der Waals surface area contributed by atoms with E-state index in [4.69, 9.17) is 14.5 Å². The molecule has 0 aromatic carbocycles. The highest BCUT2D eigenvalue weighted by atomic mass is 32.1. The number of nitrogens with zero attached hydrogens (tertiary/aromatic N) is 3. The summed E-state index contributed by atoms with van der Waals surface area (Å²) < 4.78 is 11.0. The van der Waals surface area contributed by atoms with Crippen LogP contribution in [0.1, 0.15) is 50.7 Å². The molecule has 0 atom stereocenters. The number of methoxy groups -OCH3 is 1. The summed E-state index contributed by atoms with van der Waals surface area (Å²) in [6.07, 6.45) is 4.36. The average Bonchev–Trinajstić information content (AvgIpc) is 3.13. The van der Waals surface area contributed by atoms with Crippen molar-refractivity contribution in [3.63, 3.8) is 0 Å². The van der Waals surface area contributed by atoms with E-state index < -0.39 is 0 Å². The van der Waals surface area contributed by atoms with Crippen LogP contribution in [0.3, 0.4) is 0 Å². The molecule has 0 aliphatic carbocycles. The third-order valence-corrected chi connectivity index (χ3v) is 5.65. The van der Waals surface area contributed by atoms with Crippen LogP contribution < -0.4 is 5.32 Å². The summed E-state index contributed by atoms with van der Waals surface area (Å²) in [7, 11) is 3.59. The predicted molar refractivity (Wildman–Crippen MR) is 113 cm³/mol. The van der Waals surface area contributed by atoms with E-state index in [1.165, 1.54) is 10.7 Å². The predicted octanol–water partition coefficient (Wildman–Crippen LogP) is 3.08. The van der Waals surface area contributed by atoms with Crippen LogP contribution in [0.2, 0.25) is 0 Å². The Kier molecular flexibility index (Phi) is 8.99. The number of hydrogen-bond donors (Lipinski definition) is 1. The molecule has 0 saturated carbocycles. The molecule has 1 saturated heterocycles. The van der Waals surface area contributed by atoms with Crippen molar-refractivity contribution in [2.75, 3.05) is 47.0 Å². The van der Waals surface area contributed by atoms with E-state index in [1.54, 1.807) is 18.4 Å². The summed E-state index contributed by atoms with van der Waals surface area (Å²) in [4.78, 5) is 11.6. The van der Waals surface area contributed by atoms with E-state index in [-0.39, 0.29) is 5.41 Å². The molecule has 27 heavy (non-hydrogen) atoms. The molecule has 154 valence electrons. The van der Waals surface area contributed by atoms with E-state index in [1.807, 2.05) is 7.05 Å². The summed E-state index contributed by atoms with van der Waals surface area (Å²) in [6.45, 7) is 11.0. The van der Waals surface area contributed by atoms with Gasteiger partial charge < -0.3 is 19.7 Å². The summed E-state index contributed by atoms with van der Waals surface area (Å²) >= 11 is 1.75. The maximum Gasteiger partial charge on any atom is 0.193 e. The number of ether oxygens (including phenoxy) is 2. The van der Waals surface area contributed by atoms with Crippen LogP contribution in [0.4, 0.5) is 0 Å². The zero-order valence-corrected chi connectivity index (χ0v) is 18.4. The first-order valence-corrected chi connectivity index (χ1v) is 10.8. The molecule has 1 aliphatic heterocycles. The number of piperidine rings is 1. The Morgan fingerprint density at radius 1 is 1.33 bits per heavy atom. The SMILES string of the molecule is CN=C(NCCc1nc(C(C)(C)C)cs1)N1CCC(OCCCOC)CC1. The molecule has 1 aliphatic rings. The Labute approximate surface area is 168 Å². The minimum absolute atomic E-state index is 0.119. The molecular formula is C20H36N4O2S. The summed E-state index contributed by atoms with van der Waals surface area (Å²) in [6, 6.07) is 0. The van der Waals surface area contributed by atoms with Gasteiger partial charge in [-0.3, -0.25) is 4.99 Å². The molecule has 1 N–H and O–H groups in total. The number of rotatable bonds is 8. The molecule has 0 bridgehead atoms. The lowest BCUT2D eigenvalue weighted by Crippen LogP contribution is -2.47. The molecule has 6 nitrogen and oxygen atoms in total. The van der Waals surface area contributed by atoms with Gasteiger partial charge in [0.1, 0.15) is 0 Å². The Morgan fingerprint density at radius 2 is 2.07 bits per heavy atom. The zero-order chi connectivity index (χ0) is 19.7. The highest BCUT2D eigenvalue weighted by Gasteiger charge is 2.22. The molecule has 2 rings (SSSR count). The molecule has 1 fully saturated rings. The quantitative estimate of drug-likeness (QED) is 0.416. The van der Waals surface area contributed by atoms with Crippen LogP contribution in [-0.2, 0) is 21.3 Å². The van der Waals surface area contributed by atoms with E-state index in [2.05, 4.69) is 41.4 Å². The van der Waals surface area contributed by atoms with Gasteiger partial charge in [-0.25, -0.2) is 4.98 Å². The number of hydrogen-bond acceptors (Lipinski definition) is 5. The largest absolute Gasteiger partial charge is 0.385 e. The van der Waals surface area contributed by atoms with Crippen LogP contribution in [-0.4, -0.2) is 69.0 Å². The minimum Gasteiger partial charge on any atom is -0.385 e. The second-order valence-corrected chi connectivity index (χ2v) is 8.95. The smallest absolute Gasteiger partial charge is 0.193 e. The molecular weight excluding hydrogens is 360 g/mol. The van der Waals surface area contributed by atoms with Gasteiger partial charge in [-0.2, -0.15) is 0 Å². The lowest BCUT2D eigenvalue weighted by Gasteiger charge is -2.34. The second kappa shape index (κ2) is 11.0. The summed E-state index contributed by atoms with van der Waals surface area (Å²) in [5, 5.41) is 6.86. The zero-order valence-electron chi connectivity index (χ0n) is 17.6. The van der Waals surface area contributed by atoms with Crippen molar-refractivity contribution in [1.29, 1.82) is 0 Å². The molecule has 1 aromatic rings. The lowest BCUT2D eigenvalue weighted by atomic mass is 9.93. The van der Waals surface area contributed by atoms with Crippen molar-refractivity contribution in [3.8, 4) is 0 Å². The molecule has 2 heterocycles. The van der Waals surface area contributed by atoms with Crippen LogP contribution in [0.25, 0.3) is 0 Å². The third-order valence-electron chi connectivity index (χ3n) is 4.74. The van der Waals surface area contributed by atoms with Gasteiger partial charge in [-0.1, -0.05) is 20.8 Å². The van der Waals surface area contributed by atoms with Crippen molar-refractivity contribution >= 4 is 17.3 Å². The fraction of sp³-hybridized carbons (Fsp3) is 0.800.